The summed E-state index contributed by atoms with van der Waals surface area (Å²) in [5.74, 6) is 0.185. The van der Waals surface area contributed by atoms with Crippen LogP contribution in [0, 0.1) is 12.7 Å². The molecule has 0 saturated heterocycles. The molecule has 1 atom stereocenters. The molecule has 6 nitrogen and oxygen atoms in total. The minimum atomic E-state index is -0.898. The number of aliphatic hydroxyl groups excluding tert-OH is 1. The number of nitrogens with zero attached hydrogens (tertiary/aromatic N) is 2. The van der Waals surface area contributed by atoms with Gasteiger partial charge in [0.25, 0.3) is 0 Å². The number of aromatic nitrogens is 2. The van der Waals surface area contributed by atoms with Crippen LogP contribution in [-0.2, 0) is 7.05 Å². The van der Waals surface area contributed by atoms with E-state index in [0.29, 0.717) is 11.4 Å². The molecule has 7 heteroatoms. The maximum Gasteiger partial charge on any atom is 0.320 e. The van der Waals surface area contributed by atoms with E-state index in [2.05, 4.69) is 15.7 Å². The molecular weight excluding hydrogens is 275 g/mol. The molecule has 2 rings (SSSR count). The Kier molecular flexibility index (Phi) is 4.54. The highest BCUT2D eigenvalue weighted by Crippen LogP contribution is 2.12. The fourth-order valence-corrected chi connectivity index (χ4v) is 1.88. The molecule has 1 aromatic carbocycles. The second kappa shape index (κ2) is 6.36. The minimum absolute atomic E-state index is 0.0221. The summed E-state index contributed by atoms with van der Waals surface area (Å²) in [6.45, 7) is 1.84. The Hall–Kier alpha value is -2.41. The van der Waals surface area contributed by atoms with Crippen LogP contribution in [-0.4, -0.2) is 27.5 Å². The Morgan fingerprint density at radius 2 is 2.10 bits per heavy atom. The minimum Gasteiger partial charge on any atom is -0.387 e. The SMILES string of the molecule is Cc1cc(NC(=O)NCC(O)c2ccc(F)cc2)n(C)n1. The van der Waals surface area contributed by atoms with Crippen LogP contribution in [0.1, 0.15) is 17.4 Å². The molecular formula is C14H17FN4O2. The van der Waals surface area contributed by atoms with Crippen molar-refractivity contribution in [3.63, 3.8) is 0 Å². The van der Waals surface area contributed by atoms with Gasteiger partial charge in [0, 0.05) is 19.7 Å². The van der Waals surface area contributed by atoms with Crippen LogP contribution in [0.25, 0.3) is 0 Å². The number of hydrogen-bond donors (Lipinski definition) is 3. The number of rotatable bonds is 4. The Morgan fingerprint density at radius 3 is 2.67 bits per heavy atom. The average molecular weight is 292 g/mol. The maximum absolute atomic E-state index is 12.8. The molecule has 2 aromatic rings. The molecule has 3 N–H and O–H groups in total. The quantitative estimate of drug-likeness (QED) is 0.803. The van der Waals surface area contributed by atoms with Gasteiger partial charge in [-0.1, -0.05) is 12.1 Å². The highest BCUT2D eigenvalue weighted by molar-refractivity contribution is 5.88. The van der Waals surface area contributed by atoms with Gasteiger partial charge in [-0.05, 0) is 24.6 Å². The first-order chi connectivity index (χ1) is 9.95. The lowest BCUT2D eigenvalue weighted by molar-refractivity contribution is 0.175. The Labute approximate surface area is 121 Å². The Morgan fingerprint density at radius 1 is 1.43 bits per heavy atom. The van der Waals surface area contributed by atoms with E-state index < -0.39 is 12.1 Å². The number of hydrogen-bond acceptors (Lipinski definition) is 3. The number of halogens is 1. The molecule has 1 aromatic heterocycles. The summed E-state index contributed by atoms with van der Waals surface area (Å²) in [6, 6.07) is 6.76. The highest BCUT2D eigenvalue weighted by Gasteiger charge is 2.11. The zero-order chi connectivity index (χ0) is 15.4. The van der Waals surface area contributed by atoms with Gasteiger partial charge in [-0.3, -0.25) is 10.00 Å². The number of amides is 2. The molecule has 0 fully saturated rings. The third kappa shape index (κ3) is 4.03. The van der Waals surface area contributed by atoms with E-state index in [1.54, 1.807) is 17.8 Å². The van der Waals surface area contributed by atoms with Gasteiger partial charge >= 0.3 is 6.03 Å². The Bertz CT molecular complexity index is 624. The molecule has 1 unspecified atom stereocenters. The number of aryl methyl sites for hydroxylation is 2. The lowest BCUT2D eigenvalue weighted by atomic mass is 10.1. The Balaban J connectivity index is 1.86. The van der Waals surface area contributed by atoms with Crippen LogP contribution >= 0.6 is 0 Å². The van der Waals surface area contributed by atoms with Crippen LogP contribution in [0.3, 0.4) is 0 Å². The summed E-state index contributed by atoms with van der Waals surface area (Å²) in [7, 11) is 1.72. The lowest BCUT2D eigenvalue weighted by Crippen LogP contribution is -2.33. The monoisotopic (exact) mass is 292 g/mol. The number of carbonyl (C=O) groups is 1. The van der Waals surface area contributed by atoms with Crippen LogP contribution < -0.4 is 10.6 Å². The summed E-state index contributed by atoms with van der Waals surface area (Å²) in [5, 5.41) is 19.2. The topological polar surface area (TPSA) is 79.2 Å². The van der Waals surface area contributed by atoms with Gasteiger partial charge in [-0.2, -0.15) is 5.10 Å². The van der Waals surface area contributed by atoms with Gasteiger partial charge in [0.15, 0.2) is 0 Å². The predicted octanol–water partition coefficient (Wildman–Crippen LogP) is 1.72. The van der Waals surface area contributed by atoms with Crippen molar-refractivity contribution in [2.45, 2.75) is 13.0 Å². The molecule has 0 aliphatic heterocycles. The zero-order valence-electron chi connectivity index (χ0n) is 11.8. The van der Waals surface area contributed by atoms with Gasteiger partial charge in [0.1, 0.15) is 11.6 Å². The van der Waals surface area contributed by atoms with Gasteiger partial charge < -0.3 is 10.4 Å². The summed E-state index contributed by atoms with van der Waals surface area (Å²) in [4.78, 5) is 11.7. The predicted molar refractivity (Wildman–Crippen MR) is 76.3 cm³/mol. The van der Waals surface area contributed by atoms with E-state index in [-0.39, 0.29) is 12.4 Å². The van der Waals surface area contributed by atoms with Crippen molar-refractivity contribution in [3.05, 3.63) is 47.4 Å². The lowest BCUT2D eigenvalue weighted by Gasteiger charge is -2.13. The second-order valence-electron chi connectivity index (χ2n) is 4.70. The van der Waals surface area contributed by atoms with E-state index in [9.17, 15) is 14.3 Å². The second-order valence-corrected chi connectivity index (χ2v) is 4.70. The summed E-state index contributed by atoms with van der Waals surface area (Å²) < 4.78 is 14.3. The molecule has 0 aliphatic carbocycles. The van der Waals surface area contributed by atoms with Crippen LogP contribution in [0.2, 0.25) is 0 Å². The normalized spacial score (nSPS) is 12.0. The van der Waals surface area contributed by atoms with Gasteiger partial charge in [0.05, 0.1) is 11.8 Å². The van der Waals surface area contributed by atoms with Crippen LogP contribution in [0.15, 0.2) is 30.3 Å². The van der Waals surface area contributed by atoms with Crippen molar-refractivity contribution in [2.75, 3.05) is 11.9 Å². The zero-order valence-corrected chi connectivity index (χ0v) is 11.8. The first-order valence-corrected chi connectivity index (χ1v) is 6.44. The molecule has 0 bridgehead atoms. The molecule has 112 valence electrons. The van der Waals surface area contributed by atoms with Crippen molar-refractivity contribution in [1.82, 2.24) is 15.1 Å². The molecule has 0 spiro atoms. The van der Waals surface area contributed by atoms with E-state index >= 15 is 0 Å². The van der Waals surface area contributed by atoms with Crippen LogP contribution in [0.4, 0.5) is 15.0 Å². The highest BCUT2D eigenvalue weighted by atomic mass is 19.1. The summed E-state index contributed by atoms with van der Waals surface area (Å²) in [6.07, 6.45) is -0.898. The molecule has 2 amide bonds. The van der Waals surface area contributed by atoms with Crippen molar-refractivity contribution < 1.29 is 14.3 Å². The van der Waals surface area contributed by atoms with E-state index in [1.807, 2.05) is 6.92 Å². The summed E-state index contributed by atoms with van der Waals surface area (Å²) >= 11 is 0. The third-order valence-corrected chi connectivity index (χ3v) is 2.95. The number of aliphatic hydroxyl groups is 1. The van der Waals surface area contributed by atoms with Crippen molar-refractivity contribution in [1.29, 1.82) is 0 Å². The number of carbonyl (C=O) groups excluding carboxylic acids is 1. The number of anilines is 1. The van der Waals surface area contributed by atoms with E-state index in [0.717, 1.165) is 5.69 Å². The van der Waals surface area contributed by atoms with Crippen molar-refractivity contribution in [3.8, 4) is 0 Å². The van der Waals surface area contributed by atoms with E-state index in [1.165, 1.54) is 24.3 Å². The van der Waals surface area contributed by atoms with Crippen molar-refractivity contribution >= 4 is 11.8 Å². The average Bonchev–Trinajstić information content (AvgIpc) is 2.75. The summed E-state index contributed by atoms with van der Waals surface area (Å²) in [5.41, 5.74) is 1.33. The largest absolute Gasteiger partial charge is 0.387 e. The standard InChI is InChI=1S/C14H17FN4O2/c1-9-7-13(19(2)18-9)17-14(21)16-8-12(20)10-3-5-11(15)6-4-10/h3-7,12,20H,8H2,1-2H3,(H2,16,17,21). The fourth-order valence-electron chi connectivity index (χ4n) is 1.88. The molecule has 0 radical (unpaired) electrons. The number of benzene rings is 1. The molecule has 0 saturated carbocycles. The van der Waals surface area contributed by atoms with E-state index in [4.69, 9.17) is 0 Å². The molecule has 1 heterocycles. The van der Waals surface area contributed by atoms with Gasteiger partial charge in [-0.25, -0.2) is 9.18 Å². The van der Waals surface area contributed by atoms with Crippen LogP contribution in [0.5, 0.6) is 0 Å². The van der Waals surface area contributed by atoms with Gasteiger partial charge in [0.2, 0.25) is 0 Å². The molecule has 0 aliphatic rings. The number of urea groups is 1. The first kappa shape index (κ1) is 15.0. The fraction of sp³-hybridized carbons (Fsp3) is 0.286. The third-order valence-electron chi connectivity index (χ3n) is 2.95. The number of nitrogens with one attached hydrogen (secondary N) is 2. The maximum atomic E-state index is 12.8. The first-order valence-electron chi connectivity index (χ1n) is 6.44. The molecule has 21 heavy (non-hydrogen) atoms. The smallest absolute Gasteiger partial charge is 0.320 e. The van der Waals surface area contributed by atoms with Crippen molar-refractivity contribution in [2.24, 2.45) is 7.05 Å². The van der Waals surface area contributed by atoms with Gasteiger partial charge in [-0.15, -0.1) is 0 Å².